The number of hydrogen-bond donors (Lipinski definition) is 2. The van der Waals surface area contributed by atoms with Gasteiger partial charge in [0.25, 0.3) is 0 Å². The standard InChI is InChI=1S/C16H16F2N2O3S/c1-11-5-2-3-6-12(11)9-19-15(21)10-20-24(22,23)16-13(17)7-4-8-14(16)18/h2-8,20H,9-10H2,1H3,(H,19,21). The van der Waals surface area contributed by atoms with Gasteiger partial charge in [-0.2, -0.15) is 0 Å². The molecule has 24 heavy (non-hydrogen) atoms. The van der Waals surface area contributed by atoms with Gasteiger partial charge in [-0.3, -0.25) is 4.79 Å². The SMILES string of the molecule is Cc1ccccc1CNC(=O)CNS(=O)(=O)c1c(F)cccc1F. The van der Waals surface area contributed by atoms with Crippen LogP contribution in [0.15, 0.2) is 47.4 Å². The highest BCUT2D eigenvalue weighted by atomic mass is 32.2. The Morgan fingerprint density at radius 3 is 2.29 bits per heavy atom. The lowest BCUT2D eigenvalue weighted by atomic mass is 10.1. The Morgan fingerprint density at radius 2 is 1.67 bits per heavy atom. The lowest BCUT2D eigenvalue weighted by Gasteiger charge is -2.10. The Balaban J connectivity index is 1.97. The van der Waals surface area contributed by atoms with Crippen LogP contribution in [-0.4, -0.2) is 20.9 Å². The van der Waals surface area contributed by atoms with E-state index in [1.54, 1.807) is 0 Å². The second kappa shape index (κ2) is 7.50. The summed E-state index contributed by atoms with van der Waals surface area (Å²) in [5.74, 6) is -3.05. The number of hydrogen-bond acceptors (Lipinski definition) is 3. The molecule has 0 saturated carbocycles. The molecular weight excluding hydrogens is 338 g/mol. The van der Waals surface area contributed by atoms with Crippen molar-refractivity contribution in [1.29, 1.82) is 0 Å². The largest absolute Gasteiger partial charge is 0.351 e. The van der Waals surface area contributed by atoms with Crippen molar-refractivity contribution in [3.05, 3.63) is 65.2 Å². The van der Waals surface area contributed by atoms with Crippen LogP contribution in [-0.2, 0) is 21.4 Å². The predicted octanol–water partition coefficient (Wildman–Crippen LogP) is 1.87. The van der Waals surface area contributed by atoms with Crippen LogP contribution in [0.4, 0.5) is 8.78 Å². The summed E-state index contributed by atoms with van der Waals surface area (Å²) >= 11 is 0. The summed E-state index contributed by atoms with van der Waals surface area (Å²) in [6.07, 6.45) is 0. The highest BCUT2D eigenvalue weighted by Crippen LogP contribution is 2.17. The van der Waals surface area contributed by atoms with Crippen LogP contribution in [0.2, 0.25) is 0 Å². The Bertz CT molecular complexity index is 834. The van der Waals surface area contributed by atoms with E-state index in [4.69, 9.17) is 0 Å². The second-order valence-corrected chi connectivity index (χ2v) is 6.78. The summed E-state index contributed by atoms with van der Waals surface area (Å²) in [5, 5.41) is 2.54. The van der Waals surface area contributed by atoms with E-state index in [-0.39, 0.29) is 6.54 Å². The molecule has 0 aliphatic heterocycles. The maximum atomic E-state index is 13.5. The topological polar surface area (TPSA) is 75.3 Å². The van der Waals surface area contributed by atoms with Crippen LogP contribution in [0.1, 0.15) is 11.1 Å². The maximum Gasteiger partial charge on any atom is 0.246 e. The van der Waals surface area contributed by atoms with E-state index in [0.717, 1.165) is 29.3 Å². The molecule has 0 aliphatic carbocycles. The Kier molecular flexibility index (Phi) is 5.63. The van der Waals surface area contributed by atoms with Gasteiger partial charge < -0.3 is 5.32 Å². The van der Waals surface area contributed by atoms with Gasteiger partial charge in [0.2, 0.25) is 15.9 Å². The maximum absolute atomic E-state index is 13.5. The Hall–Kier alpha value is -2.32. The fourth-order valence-electron chi connectivity index (χ4n) is 2.04. The number of halogens is 2. The van der Waals surface area contributed by atoms with Gasteiger partial charge in [0.1, 0.15) is 11.6 Å². The van der Waals surface area contributed by atoms with Crippen LogP contribution in [0.25, 0.3) is 0 Å². The molecule has 0 radical (unpaired) electrons. The average Bonchev–Trinajstić information content (AvgIpc) is 2.52. The zero-order valence-corrected chi connectivity index (χ0v) is 13.7. The predicted molar refractivity (Wildman–Crippen MR) is 84.6 cm³/mol. The van der Waals surface area contributed by atoms with Crippen LogP contribution in [0.3, 0.4) is 0 Å². The van der Waals surface area contributed by atoms with E-state index in [1.165, 1.54) is 0 Å². The molecule has 8 heteroatoms. The van der Waals surface area contributed by atoms with Crippen LogP contribution >= 0.6 is 0 Å². The van der Waals surface area contributed by atoms with E-state index in [0.29, 0.717) is 0 Å². The summed E-state index contributed by atoms with van der Waals surface area (Å²) in [6.45, 7) is 1.48. The first-order valence-corrected chi connectivity index (χ1v) is 8.54. The summed E-state index contributed by atoms with van der Waals surface area (Å²) in [4.78, 5) is 10.6. The van der Waals surface area contributed by atoms with Crippen LogP contribution in [0, 0.1) is 18.6 Å². The molecule has 0 aliphatic rings. The number of amides is 1. The molecule has 0 fully saturated rings. The van der Waals surface area contributed by atoms with Gasteiger partial charge in [-0.05, 0) is 30.2 Å². The first-order chi connectivity index (χ1) is 11.3. The number of nitrogens with one attached hydrogen (secondary N) is 2. The number of carbonyl (C=O) groups is 1. The van der Waals surface area contributed by atoms with E-state index >= 15 is 0 Å². The van der Waals surface area contributed by atoms with E-state index < -0.39 is 39.0 Å². The zero-order valence-electron chi connectivity index (χ0n) is 12.8. The van der Waals surface area contributed by atoms with Gasteiger partial charge in [0.15, 0.2) is 4.90 Å². The van der Waals surface area contributed by atoms with Gasteiger partial charge in [0.05, 0.1) is 6.54 Å². The molecule has 0 aromatic heterocycles. The molecule has 2 N–H and O–H groups in total. The molecule has 2 rings (SSSR count). The number of carbonyl (C=O) groups excluding carboxylic acids is 1. The molecule has 0 saturated heterocycles. The van der Waals surface area contributed by atoms with Crippen molar-refractivity contribution in [2.75, 3.05) is 6.54 Å². The monoisotopic (exact) mass is 354 g/mol. The Labute approximate surface area is 138 Å². The van der Waals surface area contributed by atoms with Crippen molar-refractivity contribution in [3.63, 3.8) is 0 Å². The molecule has 0 heterocycles. The minimum Gasteiger partial charge on any atom is -0.351 e. The lowest BCUT2D eigenvalue weighted by molar-refractivity contribution is -0.120. The van der Waals surface area contributed by atoms with Gasteiger partial charge in [-0.25, -0.2) is 21.9 Å². The van der Waals surface area contributed by atoms with Gasteiger partial charge in [-0.1, -0.05) is 30.3 Å². The van der Waals surface area contributed by atoms with E-state index in [1.807, 2.05) is 35.9 Å². The molecule has 1 amide bonds. The van der Waals surface area contributed by atoms with E-state index in [2.05, 4.69) is 5.32 Å². The molecule has 0 bridgehead atoms. The quantitative estimate of drug-likeness (QED) is 0.832. The fraction of sp³-hybridized carbons (Fsp3) is 0.188. The minimum absolute atomic E-state index is 0.224. The molecule has 2 aromatic carbocycles. The van der Waals surface area contributed by atoms with E-state index in [9.17, 15) is 22.0 Å². The van der Waals surface area contributed by atoms with Crippen molar-refractivity contribution in [1.82, 2.24) is 10.0 Å². The first-order valence-electron chi connectivity index (χ1n) is 7.06. The minimum atomic E-state index is -4.47. The number of rotatable bonds is 6. The fourth-order valence-corrected chi connectivity index (χ4v) is 3.15. The summed E-state index contributed by atoms with van der Waals surface area (Å²) in [7, 11) is -4.47. The molecular formula is C16H16F2N2O3S. The molecule has 0 unspecified atom stereocenters. The first kappa shape index (κ1) is 18.0. The van der Waals surface area contributed by atoms with Crippen molar-refractivity contribution in [2.24, 2.45) is 0 Å². The Morgan fingerprint density at radius 1 is 1.04 bits per heavy atom. The van der Waals surface area contributed by atoms with Crippen LogP contribution < -0.4 is 10.0 Å². The highest BCUT2D eigenvalue weighted by Gasteiger charge is 2.24. The van der Waals surface area contributed by atoms with Gasteiger partial charge >= 0.3 is 0 Å². The number of aryl methyl sites for hydroxylation is 1. The van der Waals surface area contributed by atoms with Crippen molar-refractivity contribution in [3.8, 4) is 0 Å². The molecule has 5 nitrogen and oxygen atoms in total. The highest BCUT2D eigenvalue weighted by molar-refractivity contribution is 7.89. The number of benzene rings is 2. The third kappa shape index (κ3) is 4.36. The summed E-state index contributed by atoms with van der Waals surface area (Å²) in [5.41, 5.74) is 1.86. The smallest absolute Gasteiger partial charge is 0.246 e. The van der Waals surface area contributed by atoms with Crippen molar-refractivity contribution < 1.29 is 22.0 Å². The van der Waals surface area contributed by atoms with Gasteiger partial charge in [-0.15, -0.1) is 0 Å². The normalized spacial score (nSPS) is 11.3. The summed E-state index contributed by atoms with van der Waals surface area (Å²) < 4.78 is 52.8. The molecule has 128 valence electrons. The zero-order chi connectivity index (χ0) is 17.7. The van der Waals surface area contributed by atoms with Crippen molar-refractivity contribution in [2.45, 2.75) is 18.4 Å². The molecule has 2 aromatic rings. The molecule has 0 spiro atoms. The van der Waals surface area contributed by atoms with Crippen molar-refractivity contribution >= 4 is 15.9 Å². The third-order valence-electron chi connectivity index (χ3n) is 3.35. The summed E-state index contributed by atoms with van der Waals surface area (Å²) in [6, 6.07) is 10.1. The lowest BCUT2D eigenvalue weighted by Crippen LogP contribution is -2.37. The third-order valence-corrected chi connectivity index (χ3v) is 4.80. The number of sulfonamides is 1. The molecule has 0 atom stereocenters. The van der Waals surface area contributed by atoms with Gasteiger partial charge in [0, 0.05) is 6.54 Å². The average molecular weight is 354 g/mol. The second-order valence-electron chi connectivity index (χ2n) is 5.08. The van der Waals surface area contributed by atoms with Crippen LogP contribution in [0.5, 0.6) is 0 Å².